The van der Waals surface area contributed by atoms with Crippen molar-refractivity contribution in [2.75, 3.05) is 7.05 Å². The quantitative estimate of drug-likeness (QED) is 0.878. The summed E-state index contributed by atoms with van der Waals surface area (Å²) in [5.74, 6) is -1.36. The fourth-order valence-electron chi connectivity index (χ4n) is 1.76. The van der Waals surface area contributed by atoms with Crippen LogP contribution in [-0.4, -0.2) is 43.9 Å². The van der Waals surface area contributed by atoms with Crippen LogP contribution < -0.4 is 0 Å². The maximum absolute atomic E-state index is 12.2. The number of rotatable bonds is 5. The average Bonchev–Trinajstić information content (AvgIpc) is 2.88. The van der Waals surface area contributed by atoms with E-state index < -0.39 is 5.97 Å². The van der Waals surface area contributed by atoms with E-state index in [1.165, 1.54) is 11.1 Å². The molecule has 0 fully saturated rings. The first-order valence-corrected chi connectivity index (χ1v) is 6.87. The molecule has 2 rings (SSSR count). The molecule has 1 aromatic heterocycles. The Morgan fingerprint density at radius 1 is 1.38 bits per heavy atom. The van der Waals surface area contributed by atoms with Gasteiger partial charge in [-0.1, -0.05) is 39.3 Å². The van der Waals surface area contributed by atoms with E-state index in [-0.39, 0.29) is 18.1 Å². The lowest BCUT2D eigenvalue weighted by molar-refractivity contribution is -0.137. The van der Waals surface area contributed by atoms with Gasteiger partial charge in [0.25, 0.3) is 5.91 Å². The number of nitrogens with zero attached hydrogens (tertiary/aromatic N) is 4. The van der Waals surface area contributed by atoms with Crippen molar-refractivity contribution in [3.05, 3.63) is 46.2 Å². The topological polar surface area (TPSA) is 88.3 Å². The molecule has 0 spiro atoms. The van der Waals surface area contributed by atoms with Gasteiger partial charge in [-0.25, -0.2) is 4.68 Å². The number of carboxylic acid groups (broad SMARTS) is 1. The van der Waals surface area contributed by atoms with Crippen LogP contribution in [0, 0.1) is 0 Å². The summed E-state index contributed by atoms with van der Waals surface area (Å²) in [5, 5.41) is 16.0. The zero-order valence-electron chi connectivity index (χ0n) is 11.2. The minimum atomic E-state index is -1.04. The summed E-state index contributed by atoms with van der Waals surface area (Å²) >= 11 is 3.43. The minimum Gasteiger partial charge on any atom is -0.480 e. The monoisotopic (exact) mass is 352 g/mol. The SMILES string of the molecule is CN(Cc1ccccc1Br)C(=O)c1cn(CC(=O)O)nn1. The number of carbonyl (C=O) groups excluding carboxylic acids is 1. The molecule has 1 heterocycles. The number of benzene rings is 1. The second-order valence-corrected chi connectivity index (χ2v) is 5.30. The van der Waals surface area contributed by atoms with Gasteiger partial charge in [0.1, 0.15) is 6.54 Å². The summed E-state index contributed by atoms with van der Waals surface area (Å²) < 4.78 is 2.03. The van der Waals surface area contributed by atoms with Crippen LogP contribution >= 0.6 is 15.9 Å². The van der Waals surface area contributed by atoms with Crippen LogP contribution in [0.1, 0.15) is 16.1 Å². The number of hydrogen-bond donors (Lipinski definition) is 1. The predicted molar refractivity (Wildman–Crippen MR) is 77.6 cm³/mol. The van der Waals surface area contributed by atoms with Gasteiger partial charge in [0.05, 0.1) is 6.20 Å². The number of aliphatic carboxylic acids is 1. The molecular formula is C13H13BrN4O3. The van der Waals surface area contributed by atoms with Gasteiger partial charge in [0.2, 0.25) is 0 Å². The highest BCUT2D eigenvalue weighted by atomic mass is 79.9. The molecule has 1 aromatic carbocycles. The molecule has 7 nitrogen and oxygen atoms in total. The summed E-state index contributed by atoms with van der Waals surface area (Å²) in [6.07, 6.45) is 1.33. The summed E-state index contributed by atoms with van der Waals surface area (Å²) in [4.78, 5) is 24.3. The Bertz CT molecular complexity index is 671. The summed E-state index contributed by atoms with van der Waals surface area (Å²) in [5.41, 5.74) is 1.08. The fraction of sp³-hybridized carbons (Fsp3) is 0.231. The molecule has 1 amide bonds. The third-order valence-electron chi connectivity index (χ3n) is 2.77. The van der Waals surface area contributed by atoms with Crippen LogP contribution in [0.25, 0.3) is 0 Å². The second-order valence-electron chi connectivity index (χ2n) is 4.45. The number of aromatic nitrogens is 3. The predicted octanol–water partition coefficient (Wildman–Crippen LogP) is 1.40. The van der Waals surface area contributed by atoms with E-state index in [1.807, 2.05) is 24.3 Å². The van der Waals surface area contributed by atoms with Gasteiger partial charge >= 0.3 is 5.97 Å². The van der Waals surface area contributed by atoms with Gasteiger partial charge in [0, 0.05) is 18.1 Å². The molecule has 2 aromatic rings. The van der Waals surface area contributed by atoms with Gasteiger partial charge in [-0.15, -0.1) is 5.10 Å². The van der Waals surface area contributed by atoms with Gasteiger partial charge in [-0.2, -0.15) is 0 Å². The number of amides is 1. The fourth-order valence-corrected chi connectivity index (χ4v) is 2.17. The normalized spacial score (nSPS) is 10.4. The molecule has 0 aliphatic carbocycles. The smallest absolute Gasteiger partial charge is 0.325 e. The summed E-state index contributed by atoms with van der Waals surface area (Å²) in [7, 11) is 1.65. The first-order chi connectivity index (χ1) is 9.97. The maximum atomic E-state index is 12.2. The largest absolute Gasteiger partial charge is 0.480 e. The molecule has 0 radical (unpaired) electrons. The van der Waals surface area contributed by atoms with Gasteiger partial charge in [-0.05, 0) is 11.6 Å². The Morgan fingerprint density at radius 3 is 2.76 bits per heavy atom. The third kappa shape index (κ3) is 3.88. The first-order valence-electron chi connectivity index (χ1n) is 6.08. The van der Waals surface area contributed by atoms with Gasteiger partial charge < -0.3 is 10.0 Å². The lowest BCUT2D eigenvalue weighted by Crippen LogP contribution is -2.26. The van der Waals surface area contributed by atoms with E-state index >= 15 is 0 Å². The van der Waals surface area contributed by atoms with Crippen molar-refractivity contribution in [3.63, 3.8) is 0 Å². The maximum Gasteiger partial charge on any atom is 0.325 e. The number of halogens is 1. The molecule has 0 saturated carbocycles. The molecule has 110 valence electrons. The van der Waals surface area contributed by atoms with Gasteiger partial charge in [0.15, 0.2) is 5.69 Å². The van der Waals surface area contributed by atoms with Crippen molar-refractivity contribution < 1.29 is 14.7 Å². The Hall–Kier alpha value is -2.22. The van der Waals surface area contributed by atoms with E-state index in [4.69, 9.17) is 5.11 Å². The van der Waals surface area contributed by atoms with Crippen LogP contribution in [-0.2, 0) is 17.9 Å². The van der Waals surface area contributed by atoms with Crippen LogP contribution in [0.5, 0.6) is 0 Å². The third-order valence-corrected chi connectivity index (χ3v) is 3.54. The Morgan fingerprint density at radius 2 is 2.10 bits per heavy atom. The van der Waals surface area contributed by atoms with E-state index in [1.54, 1.807) is 7.05 Å². The van der Waals surface area contributed by atoms with Crippen molar-refractivity contribution >= 4 is 27.8 Å². The molecule has 0 unspecified atom stereocenters. The van der Waals surface area contributed by atoms with E-state index in [2.05, 4.69) is 26.2 Å². The summed E-state index contributed by atoms with van der Waals surface area (Å²) in [6.45, 7) is 0.0836. The number of hydrogen-bond acceptors (Lipinski definition) is 4. The Balaban J connectivity index is 2.07. The van der Waals surface area contributed by atoms with Gasteiger partial charge in [-0.3, -0.25) is 9.59 Å². The highest BCUT2D eigenvalue weighted by Gasteiger charge is 2.17. The minimum absolute atomic E-state index is 0.116. The zero-order valence-corrected chi connectivity index (χ0v) is 12.8. The second kappa shape index (κ2) is 6.49. The van der Waals surface area contributed by atoms with Crippen LogP contribution in [0.3, 0.4) is 0 Å². The van der Waals surface area contributed by atoms with Crippen molar-refractivity contribution in [2.45, 2.75) is 13.1 Å². The Labute approximate surface area is 129 Å². The van der Waals surface area contributed by atoms with Crippen LogP contribution in [0.15, 0.2) is 34.9 Å². The molecular weight excluding hydrogens is 340 g/mol. The van der Waals surface area contributed by atoms with E-state index in [9.17, 15) is 9.59 Å². The summed E-state index contributed by atoms with van der Waals surface area (Å²) in [6, 6.07) is 7.60. The Kier molecular flexibility index (Phi) is 4.69. The molecule has 8 heteroatoms. The highest BCUT2D eigenvalue weighted by molar-refractivity contribution is 9.10. The van der Waals surface area contributed by atoms with Crippen molar-refractivity contribution in [3.8, 4) is 0 Å². The van der Waals surface area contributed by atoms with Crippen LogP contribution in [0.2, 0.25) is 0 Å². The lowest BCUT2D eigenvalue weighted by Gasteiger charge is -2.16. The molecule has 21 heavy (non-hydrogen) atoms. The van der Waals surface area contributed by atoms with E-state index in [0.717, 1.165) is 14.7 Å². The molecule has 0 aliphatic heterocycles. The van der Waals surface area contributed by atoms with Crippen molar-refractivity contribution in [2.24, 2.45) is 0 Å². The molecule has 0 saturated heterocycles. The molecule has 0 bridgehead atoms. The first kappa shape index (κ1) is 15.2. The van der Waals surface area contributed by atoms with E-state index in [0.29, 0.717) is 6.54 Å². The highest BCUT2D eigenvalue weighted by Crippen LogP contribution is 2.17. The average molecular weight is 353 g/mol. The van der Waals surface area contributed by atoms with Crippen molar-refractivity contribution in [1.29, 1.82) is 0 Å². The molecule has 1 N–H and O–H groups in total. The van der Waals surface area contributed by atoms with Crippen LogP contribution in [0.4, 0.5) is 0 Å². The molecule has 0 aliphatic rings. The standard InChI is InChI=1S/C13H13BrN4O3/c1-17(6-9-4-2-3-5-10(9)14)13(21)11-7-18(16-15-11)8-12(19)20/h2-5,7H,6,8H2,1H3,(H,19,20). The molecule has 0 atom stereocenters. The number of carbonyl (C=O) groups is 2. The van der Waals surface area contributed by atoms with Crippen molar-refractivity contribution in [1.82, 2.24) is 19.9 Å². The number of carboxylic acids is 1. The lowest BCUT2D eigenvalue weighted by atomic mass is 10.2. The zero-order chi connectivity index (χ0) is 15.4.